The summed E-state index contributed by atoms with van der Waals surface area (Å²) in [7, 11) is 0. The van der Waals surface area contributed by atoms with Crippen molar-refractivity contribution in [3.05, 3.63) is 29.8 Å². The van der Waals surface area contributed by atoms with Crippen LogP contribution in [0.4, 0.5) is 0 Å². The molecule has 3 heteroatoms. The summed E-state index contributed by atoms with van der Waals surface area (Å²) in [6.45, 7) is 4.18. The number of para-hydroxylation sites is 1. The van der Waals surface area contributed by atoms with Gasteiger partial charge in [0.15, 0.2) is 0 Å². The zero-order valence-electron chi connectivity index (χ0n) is 12.3. The van der Waals surface area contributed by atoms with E-state index < -0.39 is 0 Å². The van der Waals surface area contributed by atoms with Gasteiger partial charge in [0, 0.05) is 11.3 Å². The number of thioether (sulfide) groups is 1. The summed E-state index contributed by atoms with van der Waals surface area (Å²) in [5.74, 6) is 3.11. The van der Waals surface area contributed by atoms with Crippen molar-refractivity contribution in [2.45, 2.75) is 49.8 Å². The molecular formula is C17H25NOS. The first-order valence-corrected chi connectivity index (χ1v) is 9.00. The van der Waals surface area contributed by atoms with Gasteiger partial charge in [0.1, 0.15) is 5.75 Å². The van der Waals surface area contributed by atoms with Crippen LogP contribution in [0.15, 0.2) is 24.3 Å². The lowest BCUT2D eigenvalue weighted by Gasteiger charge is -2.31. The summed E-state index contributed by atoms with van der Waals surface area (Å²) in [5.41, 5.74) is 1.42. The summed E-state index contributed by atoms with van der Waals surface area (Å²) in [5, 5.41) is 4.55. The van der Waals surface area contributed by atoms with E-state index in [1.807, 2.05) is 0 Å². The Kier molecular flexibility index (Phi) is 4.90. The average molecular weight is 291 g/mol. The second kappa shape index (κ2) is 6.86. The van der Waals surface area contributed by atoms with E-state index >= 15 is 0 Å². The number of rotatable bonds is 5. The molecule has 3 rings (SSSR count). The van der Waals surface area contributed by atoms with E-state index in [0.29, 0.717) is 12.0 Å². The number of hydrogen-bond donors (Lipinski definition) is 1. The third kappa shape index (κ3) is 3.15. The van der Waals surface area contributed by atoms with Crippen LogP contribution in [-0.2, 0) is 0 Å². The largest absolute Gasteiger partial charge is 0.493 e. The minimum Gasteiger partial charge on any atom is -0.493 e. The Bertz CT molecular complexity index is 431. The smallest absolute Gasteiger partial charge is 0.122 e. The van der Waals surface area contributed by atoms with E-state index in [4.69, 9.17) is 4.74 Å². The van der Waals surface area contributed by atoms with Gasteiger partial charge < -0.3 is 10.1 Å². The van der Waals surface area contributed by atoms with Crippen LogP contribution >= 0.6 is 11.8 Å². The Morgan fingerprint density at radius 1 is 1.35 bits per heavy atom. The Hall–Kier alpha value is -0.670. The van der Waals surface area contributed by atoms with Crippen molar-refractivity contribution in [2.75, 3.05) is 18.9 Å². The van der Waals surface area contributed by atoms with Gasteiger partial charge in [-0.2, -0.15) is 11.8 Å². The maximum absolute atomic E-state index is 5.80. The zero-order valence-corrected chi connectivity index (χ0v) is 13.1. The predicted molar refractivity (Wildman–Crippen MR) is 86.9 cm³/mol. The molecule has 0 bridgehead atoms. The second-order valence-corrected chi connectivity index (χ2v) is 7.17. The van der Waals surface area contributed by atoms with Gasteiger partial charge in [-0.3, -0.25) is 0 Å². The molecule has 2 nitrogen and oxygen atoms in total. The summed E-state index contributed by atoms with van der Waals surface area (Å²) in [4.78, 5) is 0. The normalized spacial score (nSPS) is 26.9. The van der Waals surface area contributed by atoms with Crippen molar-refractivity contribution >= 4 is 11.8 Å². The van der Waals surface area contributed by atoms with E-state index in [2.05, 4.69) is 48.3 Å². The van der Waals surface area contributed by atoms with Crippen LogP contribution in [-0.4, -0.2) is 30.2 Å². The second-order valence-electron chi connectivity index (χ2n) is 5.82. The highest BCUT2D eigenvalue weighted by Gasteiger charge is 2.30. The van der Waals surface area contributed by atoms with Gasteiger partial charge in [0.2, 0.25) is 0 Å². The molecule has 1 fully saturated rings. The summed E-state index contributed by atoms with van der Waals surface area (Å²) >= 11 is 2.17. The molecule has 2 aliphatic rings. The molecule has 1 saturated heterocycles. The molecule has 0 amide bonds. The van der Waals surface area contributed by atoms with E-state index in [1.54, 1.807) is 0 Å². The lowest BCUT2D eigenvalue weighted by atomic mass is 9.86. The third-order valence-corrected chi connectivity index (χ3v) is 6.02. The molecule has 1 aromatic carbocycles. The van der Waals surface area contributed by atoms with Crippen LogP contribution < -0.4 is 10.1 Å². The van der Waals surface area contributed by atoms with Crippen LogP contribution in [0.5, 0.6) is 5.75 Å². The molecule has 2 heterocycles. The Morgan fingerprint density at radius 2 is 2.25 bits per heavy atom. The van der Waals surface area contributed by atoms with Crippen molar-refractivity contribution in [1.82, 2.24) is 5.32 Å². The van der Waals surface area contributed by atoms with Crippen LogP contribution in [0, 0.1) is 0 Å². The van der Waals surface area contributed by atoms with Crippen molar-refractivity contribution < 1.29 is 4.74 Å². The fraction of sp³-hybridized carbons (Fsp3) is 0.647. The summed E-state index contributed by atoms with van der Waals surface area (Å²) in [6, 6.07) is 9.25. The molecule has 3 atom stereocenters. The predicted octanol–water partition coefficient (Wildman–Crippen LogP) is 3.82. The Balaban J connectivity index is 1.72. The first kappa shape index (κ1) is 14.3. The molecule has 1 aromatic rings. The van der Waals surface area contributed by atoms with Gasteiger partial charge in [-0.1, -0.05) is 25.1 Å². The molecular weight excluding hydrogens is 266 g/mol. The standard InChI is InChI=1S/C17H25NOS/c1-2-18-15(17-8-5-11-20-17)12-13-9-10-19-16-7-4-3-6-14(13)16/h3-4,6-7,13,15,17-18H,2,5,8-12H2,1H3. The fourth-order valence-corrected chi connectivity index (χ4v) is 4.92. The minimum atomic E-state index is 0.656. The van der Waals surface area contributed by atoms with Crippen LogP contribution in [0.2, 0.25) is 0 Å². The molecule has 3 unspecified atom stereocenters. The highest BCUT2D eigenvalue weighted by atomic mass is 32.2. The lowest BCUT2D eigenvalue weighted by Crippen LogP contribution is -2.39. The number of ether oxygens (including phenoxy) is 1. The van der Waals surface area contributed by atoms with Gasteiger partial charge >= 0.3 is 0 Å². The van der Waals surface area contributed by atoms with Gasteiger partial charge in [0.05, 0.1) is 6.61 Å². The monoisotopic (exact) mass is 291 g/mol. The number of fused-ring (bicyclic) bond motifs is 1. The summed E-state index contributed by atoms with van der Waals surface area (Å²) < 4.78 is 5.80. The van der Waals surface area contributed by atoms with Crippen molar-refractivity contribution in [3.63, 3.8) is 0 Å². The maximum atomic E-state index is 5.80. The Labute approximate surface area is 126 Å². The van der Waals surface area contributed by atoms with Crippen LogP contribution in [0.25, 0.3) is 0 Å². The third-order valence-electron chi connectivity index (χ3n) is 4.50. The van der Waals surface area contributed by atoms with E-state index in [1.165, 1.54) is 30.6 Å². The molecule has 0 aliphatic carbocycles. The maximum Gasteiger partial charge on any atom is 0.122 e. The SMILES string of the molecule is CCNC(CC1CCOc2ccccc21)C1CCCS1. The number of nitrogens with one attached hydrogen (secondary N) is 1. The van der Waals surface area contributed by atoms with Gasteiger partial charge in [-0.05, 0) is 55.5 Å². The van der Waals surface area contributed by atoms with E-state index in [-0.39, 0.29) is 0 Å². The van der Waals surface area contributed by atoms with Crippen molar-refractivity contribution in [3.8, 4) is 5.75 Å². The highest BCUT2D eigenvalue weighted by Crippen LogP contribution is 2.39. The summed E-state index contributed by atoms with van der Waals surface area (Å²) in [6.07, 6.45) is 5.19. The van der Waals surface area contributed by atoms with E-state index in [0.717, 1.165) is 30.6 Å². The quantitative estimate of drug-likeness (QED) is 0.891. The highest BCUT2D eigenvalue weighted by molar-refractivity contribution is 8.00. The van der Waals surface area contributed by atoms with Crippen LogP contribution in [0.3, 0.4) is 0 Å². The molecule has 0 aromatic heterocycles. The Morgan fingerprint density at radius 3 is 3.05 bits per heavy atom. The van der Waals surface area contributed by atoms with Crippen LogP contribution in [0.1, 0.15) is 44.1 Å². The first-order chi connectivity index (χ1) is 9.88. The fourth-order valence-electron chi connectivity index (χ4n) is 3.52. The molecule has 0 radical (unpaired) electrons. The molecule has 20 heavy (non-hydrogen) atoms. The number of hydrogen-bond acceptors (Lipinski definition) is 3. The van der Waals surface area contributed by atoms with Crippen molar-refractivity contribution in [1.29, 1.82) is 0 Å². The molecule has 1 N–H and O–H groups in total. The molecule has 0 spiro atoms. The van der Waals surface area contributed by atoms with Gasteiger partial charge in [-0.25, -0.2) is 0 Å². The van der Waals surface area contributed by atoms with Crippen molar-refractivity contribution in [2.24, 2.45) is 0 Å². The first-order valence-electron chi connectivity index (χ1n) is 7.95. The number of benzene rings is 1. The zero-order chi connectivity index (χ0) is 13.8. The van der Waals surface area contributed by atoms with Gasteiger partial charge in [0.25, 0.3) is 0 Å². The van der Waals surface area contributed by atoms with E-state index in [9.17, 15) is 0 Å². The minimum absolute atomic E-state index is 0.656. The molecule has 110 valence electrons. The molecule has 2 aliphatic heterocycles. The lowest BCUT2D eigenvalue weighted by molar-refractivity contribution is 0.254. The topological polar surface area (TPSA) is 21.3 Å². The van der Waals surface area contributed by atoms with Gasteiger partial charge in [-0.15, -0.1) is 0 Å². The average Bonchev–Trinajstić information content (AvgIpc) is 3.01. The molecule has 0 saturated carbocycles.